The smallest absolute Gasteiger partial charge is 0.0618 e. The molecule has 0 amide bonds. The summed E-state index contributed by atoms with van der Waals surface area (Å²) in [6.07, 6.45) is 0. The maximum atomic E-state index is 2.49. The topological polar surface area (TPSA) is 9.72 Å². The Kier molecular flexibility index (Phi) is 23.7. The van der Waals surface area contributed by atoms with Crippen molar-refractivity contribution in [3.63, 3.8) is 0 Å². The summed E-state index contributed by atoms with van der Waals surface area (Å²) in [4.78, 5) is 7.39. The van der Waals surface area contributed by atoms with Crippen molar-refractivity contribution < 1.29 is 0 Å². The lowest BCUT2D eigenvalue weighted by Gasteiger charge is -2.32. The van der Waals surface area contributed by atoms with Gasteiger partial charge in [-0.15, -0.1) is 0 Å². The molecule has 0 unspecified atom stereocenters. The predicted molar refractivity (Wildman–Crippen MR) is 609 cm³/mol. The van der Waals surface area contributed by atoms with Crippen LogP contribution in [0.1, 0.15) is 103 Å². The molecular formula is C138H113N3. The first-order valence-electron chi connectivity index (χ1n) is 49.5. The van der Waals surface area contributed by atoms with Gasteiger partial charge in [-0.1, -0.05) is 476 Å². The number of hydrogen-bond donors (Lipinski definition) is 0. The second-order valence-electron chi connectivity index (χ2n) is 40.7. The fraction of sp³-hybridized carbons (Fsp3) is 0.101. The van der Waals surface area contributed by atoms with Crippen molar-refractivity contribution in [3.8, 4) is 33.4 Å². The molecule has 141 heavy (non-hydrogen) atoms. The lowest BCUT2D eigenvalue weighted by Crippen LogP contribution is -2.20. The van der Waals surface area contributed by atoms with E-state index >= 15 is 0 Å². The van der Waals surface area contributed by atoms with Crippen LogP contribution in [0.2, 0.25) is 0 Å². The highest BCUT2D eigenvalue weighted by atomic mass is 15.2. The highest BCUT2D eigenvalue weighted by molar-refractivity contribution is 6.26. The molecule has 0 bridgehead atoms. The average Bonchev–Trinajstić information content (AvgIpc) is 0.721. The van der Waals surface area contributed by atoms with Crippen LogP contribution < -0.4 is 14.7 Å². The van der Waals surface area contributed by atoms with E-state index in [0.717, 1.165) is 34.1 Å². The minimum absolute atomic E-state index is 0.00246. The van der Waals surface area contributed by atoms with Crippen LogP contribution in [0.15, 0.2) is 504 Å². The summed E-state index contributed by atoms with van der Waals surface area (Å²) >= 11 is 0. The molecule has 0 aliphatic carbocycles. The normalized spacial score (nSPS) is 11.9. The van der Waals surface area contributed by atoms with Gasteiger partial charge in [-0.3, -0.25) is 0 Å². The Morgan fingerprint density at radius 2 is 0.362 bits per heavy atom. The zero-order valence-corrected chi connectivity index (χ0v) is 81.8. The zero-order chi connectivity index (χ0) is 96.1. The van der Waals surface area contributed by atoms with Crippen molar-refractivity contribution in [2.75, 3.05) is 14.7 Å². The first-order valence-corrected chi connectivity index (χ1v) is 49.5. The molecule has 3 nitrogen and oxygen atoms in total. The second kappa shape index (κ2) is 37.3. The molecule has 0 aliphatic rings. The molecule has 680 valence electrons. The Balaban J connectivity index is 0.000000124. The fourth-order valence-electron chi connectivity index (χ4n) is 21.4. The van der Waals surface area contributed by atoms with Crippen LogP contribution in [-0.4, -0.2) is 0 Å². The van der Waals surface area contributed by atoms with Crippen molar-refractivity contribution >= 4 is 159 Å². The van der Waals surface area contributed by atoms with Crippen molar-refractivity contribution in [2.24, 2.45) is 0 Å². The molecule has 0 aromatic heterocycles. The van der Waals surface area contributed by atoms with Crippen molar-refractivity contribution in [1.29, 1.82) is 0 Å². The largest absolute Gasteiger partial charge is 0.309 e. The number of rotatable bonds is 16. The number of hydrogen-bond acceptors (Lipinski definition) is 3. The molecule has 0 saturated heterocycles. The van der Waals surface area contributed by atoms with E-state index in [4.69, 9.17) is 0 Å². The van der Waals surface area contributed by atoms with Gasteiger partial charge in [0.25, 0.3) is 0 Å². The maximum absolute atomic E-state index is 2.49. The van der Waals surface area contributed by atoms with E-state index < -0.39 is 0 Å². The van der Waals surface area contributed by atoms with Gasteiger partial charge in [0.15, 0.2) is 0 Å². The van der Waals surface area contributed by atoms with Crippen molar-refractivity contribution in [1.82, 2.24) is 0 Å². The number of fused-ring (bicyclic) bond motifs is 10. The molecule has 24 aromatic rings. The second-order valence-corrected chi connectivity index (χ2v) is 40.7. The molecule has 0 heterocycles. The van der Waals surface area contributed by atoms with E-state index in [1.54, 1.807) is 0 Å². The van der Waals surface area contributed by atoms with E-state index in [-0.39, 0.29) is 21.7 Å². The Hall–Kier alpha value is -16.7. The van der Waals surface area contributed by atoms with Gasteiger partial charge in [0.05, 0.1) is 17.1 Å². The van der Waals surface area contributed by atoms with Gasteiger partial charge in [0.1, 0.15) is 0 Å². The lowest BCUT2D eigenvalue weighted by atomic mass is 9.78. The van der Waals surface area contributed by atoms with E-state index in [1.165, 1.54) is 192 Å². The fourth-order valence-corrected chi connectivity index (χ4v) is 21.4. The van der Waals surface area contributed by atoms with Gasteiger partial charge in [-0.05, 0) is 250 Å². The lowest BCUT2D eigenvalue weighted by molar-refractivity contribution is 0.590. The van der Waals surface area contributed by atoms with Crippen LogP contribution in [0.25, 0.3) is 141 Å². The first-order chi connectivity index (χ1) is 68.7. The van der Waals surface area contributed by atoms with E-state index in [0.29, 0.717) is 0 Å². The van der Waals surface area contributed by atoms with E-state index in [1.807, 2.05) is 0 Å². The molecule has 0 atom stereocenters. The number of para-hydroxylation sites is 2. The minimum atomic E-state index is -0.143. The number of nitrogens with zero attached hydrogens (tertiary/aromatic N) is 3. The van der Waals surface area contributed by atoms with Gasteiger partial charge in [-0.2, -0.15) is 0 Å². The molecule has 0 fully saturated rings. The van der Waals surface area contributed by atoms with Gasteiger partial charge in [0.2, 0.25) is 0 Å². The molecule has 0 radical (unpaired) electrons. The Bertz CT molecular complexity index is 8570. The predicted octanol–water partition coefficient (Wildman–Crippen LogP) is 39.2. The number of anilines is 9. The summed E-state index contributed by atoms with van der Waals surface area (Å²) in [7, 11) is 0. The third-order valence-electron chi connectivity index (χ3n) is 29.1. The molecule has 24 rings (SSSR count). The Labute approximate surface area is 828 Å². The summed E-state index contributed by atoms with van der Waals surface area (Å²) in [6.45, 7) is 23.1. The van der Waals surface area contributed by atoms with Crippen LogP contribution >= 0.6 is 0 Å². The van der Waals surface area contributed by atoms with Crippen molar-refractivity contribution in [3.05, 3.63) is 537 Å². The molecule has 0 N–H and O–H groups in total. The van der Waals surface area contributed by atoms with Gasteiger partial charge >= 0.3 is 0 Å². The van der Waals surface area contributed by atoms with Crippen molar-refractivity contribution in [2.45, 2.75) is 90.9 Å². The van der Waals surface area contributed by atoms with E-state index in [2.05, 4.69) is 587 Å². The van der Waals surface area contributed by atoms with Crippen LogP contribution in [0, 0.1) is 0 Å². The maximum Gasteiger partial charge on any atom is 0.0618 e. The monoisotopic (exact) mass is 1810 g/mol. The third kappa shape index (κ3) is 17.1. The summed E-state index contributed by atoms with van der Waals surface area (Å²) in [6, 6.07) is 184. The van der Waals surface area contributed by atoms with Gasteiger partial charge in [-0.25, -0.2) is 0 Å². The number of benzene rings is 24. The molecule has 0 aliphatic heterocycles. The summed E-state index contributed by atoms with van der Waals surface area (Å²) < 4.78 is 0. The SMILES string of the molecule is CC(C)(C)c1ccc2c(N(c3ccccc3)c3ccc4ccccc4c3)c3cc(C(C)(C)C)ccc3c(-c3ccc4ccccc4c3)c2c1.CC(C)(c1ccccc1)c1ccc(N(c2ccc(C(C)(C)c3ccccc3)cc2)c2c3ccccc3c(-c3ccc4ccccc4c3)c3ccccc23)cc1.c1ccc(-c2c3ccccc3c(N(c3ccccc3)c3ccc4ccccc4c3)c3ccccc23)cc1. The Morgan fingerprint density at radius 3 is 0.723 bits per heavy atom. The molecule has 3 heteroatoms. The summed E-state index contributed by atoms with van der Waals surface area (Å²) in [5.41, 5.74) is 25.5. The molecule has 24 aromatic carbocycles. The third-order valence-corrected chi connectivity index (χ3v) is 29.1. The van der Waals surface area contributed by atoms with Gasteiger partial charge in [0, 0.05) is 77.3 Å². The highest BCUT2D eigenvalue weighted by Gasteiger charge is 2.32. The molecular weight excluding hydrogens is 1700 g/mol. The minimum Gasteiger partial charge on any atom is -0.309 e. The summed E-state index contributed by atoms with van der Waals surface area (Å²) in [5.74, 6) is 0. The molecule has 0 saturated carbocycles. The highest BCUT2D eigenvalue weighted by Crippen LogP contribution is 2.55. The quantitative estimate of drug-likeness (QED) is 0.0893. The zero-order valence-electron chi connectivity index (χ0n) is 81.8. The van der Waals surface area contributed by atoms with E-state index in [9.17, 15) is 0 Å². The van der Waals surface area contributed by atoms with Crippen LogP contribution in [-0.2, 0) is 21.7 Å². The van der Waals surface area contributed by atoms with Crippen LogP contribution in [0.4, 0.5) is 51.2 Å². The Morgan fingerprint density at radius 1 is 0.135 bits per heavy atom. The standard InChI is InChI=1S/C54H45N.C48H43N.C36H25N/c1-53(2,41-19-7-5-8-20-41)43-29-33-45(34-30-43)55(46-35-31-44(32-36-46)54(3,4)42-21-9-6-10-22-42)52-49-25-15-13-23-47(49)51(48-24-14-16-26-50(48)52)40-28-27-38-17-11-12-18-39(38)37-40;1-47(2,3)37-24-27-42-43(30-37)45(36-21-20-32-14-10-12-16-34(32)28-36)41-26-23-38(48(4,5)6)31-44(41)46(42)49(39-18-8-7-9-19-39)40-25-22-33-15-11-13-17-35(33)29-40;1-3-14-27(15-4-1)35-31-19-9-11-21-33(31)36(34-22-12-10-20-32(34)35)37(29-17-5-2-6-18-29)30-24-23-26-13-7-8-16-28(26)25-30/h5-37H,1-4H3;7-31H,1-6H3;1-25H. The van der Waals surface area contributed by atoms with Crippen LogP contribution in [0.5, 0.6) is 0 Å². The molecule has 0 spiro atoms. The average molecular weight is 1810 g/mol. The first kappa shape index (κ1) is 89.5. The summed E-state index contributed by atoms with van der Waals surface area (Å²) in [5, 5.41) is 24.9. The van der Waals surface area contributed by atoms with Crippen LogP contribution in [0.3, 0.4) is 0 Å². The van der Waals surface area contributed by atoms with Gasteiger partial charge < -0.3 is 14.7 Å².